The van der Waals surface area contributed by atoms with Crippen molar-refractivity contribution in [2.75, 3.05) is 25.4 Å². The average Bonchev–Trinajstić information content (AvgIpc) is 3.29. The standard InChI is InChI=1S/C32H43N5O2S/c1-6-24-19-32(4,26-14-15-29(39)28(18-26)23(3)38)21-37(20-24)16-9-17-40-31-35-34-30(36(31)5)27-11-8-7-10-25(27)13-12-22(2)33/h7-8,11-15,18,24,39H,6,9-10,16-17,19-21,33H2,1-5H3/b22-12-,25-13+/t24-,32-/m1/s1. The van der Waals surface area contributed by atoms with E-state index in [9.17, 15) is 9.90 Å². The monoisotopic (exact) mass is 561 g/mol. The summed E-state index contributed by atoms with van der Waals surface area (Å²) in [5, 5.41) is 20.1. The van der Waals surface area contributed by atoms with Crippen LogP contribution in [0.3, 0.4) is 0 Å². The van der Waals surface area contributed by atoms with Gasteiger partial charge in [0, 0.05) is 42.6 Å². The molecule has 0 radical (unpaired) electrons. The van der Waals surface area contributed by atoms with Crippen LogP contribution in [0.25, 0.3) is 5.57 Å². The fourth-order valence-electron chi connectivity index (χ4n) is 5.85. The predicted molar refractivity (Wildman–Crippen MR) is 164 cm³/mol. The molecule has 2 aliphatic rings. The van der Waals surface area contributed by atoms with Gasteiger partial charge in [-0.2, -0.15) is 0 Å². The number of thioether (sulfide) groups is 1. The summed E-state index contributed by atoms with van der Waals surface area (Å²) in [5.41, 5.74) is 10.4. The summed E-state index contributed by atoms with van der Waals surface area (Å²) in [7, 11) is 2.04. The van der Waals surface area contributed by atoms with E-state index in [1.165, 1.54) is 12.5 Å². The number of ketones is 1. The number of allylic oxidation sites excluding steroid dienone is 8. The first-order valence-corrected chi connectivity index (χ1v) is 15.2. The Morgan fingerprint density at radius 3 is 2.83 bits per heavy atom. The molecule has 1 aromatic heterocycles. The number of nitrogens with two attached hydrogens (primary N) is 1. The van der Waals surface area contributed by atoms with Gasteiger partial charge in [-0.25, -0.2) is 0 Å². The molecule has 4 rings (SSSR count). The summed E-state index contributed by atoms with van der Waals surface area (Å²) >= 11 is 1.75. The average molecular weight is 562 g/mol. The van der Waals surface area contributed by atoms with Crippen LogP contribution in [0.2, 0.25) is 0 Å². The number of hydrogen-bond donors (Lipinski definition) is 2. The quantitative estimate of drug-likeness (QED) is 0.208. The number of phenolic OH excluding ortho intramolecular Hbond substituents is 1. The Bertz CT molecular complexity index is 1350. The summed E-state index contributed by atoms with van der Waals surface area (Å²) in [6.07, 6.45) is 14.4. The number of piperidine rings is 1. The van der Waals surface area contributed by atoms with Crippen LogP contribution in [0.5, 0.6) is 5.75 Å². The van der Waals surface area contributed by atoms with E-state index in [1.54, 1.807) is 17.8 Å². The third-order valence-electron chi connectivity index (χ3n) is 8.03. The summed E-state index contributed by atoms with van der Waals surface area (Å²) < 4.78 is 2.09. The van der Waals surface area contributed by atoms with E-state index in [2.05, 4.69) is 57.8 Å². The Hall–Kier alpha value is -3.10. The molecule has 2 atom stereocenters. The van der Waals surface area contributed by atoms with Crippen LogP contribution in [0.1, 0.15) is 75.1 Å². The van der Waals surface area contributed by atoms with Gasteiger partial charge in [0.25, 0.3) is 0 Å². The molecule has 7 nitrogen and oxygen atoms in total. The maximum Gasteiger partial charge on any atom is 0.191 e. The molecule has 40 heavy (non-hydrogen) atoms. The molecule has 2 aromatic rings. The lowest BCUT2D eigenvalue weighted by molar-refractivity contribution is 0.101. The SMILES string of the molecule is CC[C@H]1CN(CCCSc2nnc(C3=CC=CC/C3=C\C=C(\C)N)n2C)C[C@](C)(c2ccc(O)c(C(C)=O)c2)C1. The van der Waals surface area contributed by atoms with E-state index < -0.39 is 0 Å². The van der Waals surface area contributed by atoms with Gasteiger partial charge in [-0.3, -0.25) is 4.79 Å². The molecule has 1 aliphatic carbocycles. The lowest BCUT2D eigenvalue weighted by Gasteiger charge is -2.45. The Labute approximate surface area is 242 Å². The number of rotatable bonds is 10. The number of Topliss-reactive ketones (excluding diaryl/α,β-unsaturated/α-hetero) is 1. The van der Waals surface area contributed by atoms with Crippen molar-refractivity contribution in [2.24, 2.45) is 18.7 Å². The van der Waals surface area contributed by atoms with Crippen LogP contribution in [0.4, 0.5) is 0 Å². The van der Waals surface area contributed by atoms with Gasteiger partial charge >= 0.3 is 0 Å². The highest BCUT2D eigenvalue weighted by molar-refractivity contribution is 7.99. The molecule has 1 fully saturated rings. The number of hydrogen-bond acceptors (Lipinski definition) is 7. The number of carbonyl (C=O) groups excluding carboxylic acids is 1. The zero-order chi connectivity index (χ0) is 28.9. The minimum Gasteiger partial charge on any atom is -0.507 e. The number of benzene rings is 1. The molecule has 1 aromatic carbocycles. The molecule has 0 bridgehead atoms. The summed E-state index contributed by atoms with van der Waals surface area (Å²) in [6.45, 7) is 11.0. The van der Waals surface area contributed by atoms with Crippen molar-refractivity contribution in [3.63, 3.8) is 0 Å². The first-order chi connectivity index (χ1) is 19.1. The molecular formula is C32H43N5O2S. The molecule has 3 N–H and O–H groups in total. The van der Waals surface area contributed by atoms with E-state index in [-0.39, 0.29) is 16.9 Å². The molecule has 0 unspecified atom stereocenters. The highest BCUT2D eigenvalue weighted by Gasteiger charge is 2.37. The Kier molecular flexibility index (Phi) is 9.74. The van der Waals surface area contributed by atoms with Gasteiger partial charge in [0.2, 0.25) is 0 Å². The number of aromatic hydroxyl groups is 1. The Morgan fingerprint density at radius 1 is 1.30 bits per heavy atom. The zero-order valence-electron chi connectivity index (χ0n) is 24.5. The van der Waals surface area contributed by atoms with Gasteiger partial charge in [-0.05, 0) is 74.9 Å². The van der Waals surface area contributed by atoms with Crippen molar-refractivity contribution in [3.05, 3.63) is 76.8 Å². The molecule has 0 spiro atoms. The fraction of sp³-hybridized carbons (Fsp3) is 0.469. The van der Waals surface area contributed by atoms with E-state index in [0.29, 0.717) is 11.5 Å². The lowest BCUT2D eigenvalue weighted by Crippen LogP contribution is -2.48. The highest BCUT2D eigenvalue weighted by atomic mass is 32.2. The molecule has 1 saturated heterocycles. The first-order valence-electron chi connectivity index (χ1n) is 14.2. The van der Waals surface area contributed by atoms with E-state index in [1.807, 2.05) is 32.2 Å². The van der Waals surface area contributed by atoms with Gasteiger partial charge in [0.1, 0.15) is 5.75 Å². The Balaban J connectivity index is 1.39. The minimum absolute atomic E-state index is 0.0620. The second kappa shape index (κ2) is 13.0. The third kappa shape index (κ3) is 6.96. The molecule has 1 aliphatic heterocycles. The van der Waals surface area contributed by atoms with Crippen LogP contribution in [-0.4, -0.2) is 55.9 Å². The molecule has 0 saturated carbocycles. The lowest BCUT2D eigenvalue weighted by atomic mass is 9.71. The van der Waals surface area contributed by atoms with Gasteiger partial charge in [0.05, 0.1) is 5.56 Å². The van der Waals surface area contributed by atoms with E-state index >= 15 is 0 Å². The number of phenols is 1. The number of aromatic nitrogens is 3. The topological polar surface area (TPSA) is 97.3 Å². The van der Waals surface area contributed by atoms with Crippen molar-refractivity contribution in [1.82, 2.24) is 19.7 Å². The number of nitrogens with zero attached hydrogens (tertiary/aromatic N) is 4. The summed E-state index contributed by atoms with van der Waals surface area (Å²) in [6, 6.07) is 5.57. The van der Waals surface area contributed by atoms with Crippen molar-refractivity contribution in [1.29, 1.82) is 0 Å². The largest absolute Gasteiger partial charge is 0.507 e. The summed E-state index contributed by atoms with van der Waals surface area (Å²) in [5.74, 6) is 2.39. The van der Waals surface area contributed by atoms with Crippen molar-refractivity contribution in [2.45, 2.75) is 63.9 Å². The smallest absolute Gasteiger partial charge is 0.191 e. The highest BCUT2D eigenvalue weighted by Crippen LogP contribution is 2.39. The second-order valence-corrected chi connectivity index (χ2v) is 12.5. The third-order valence-corrected chi connectivity index (χ3v) is 9.14. The van der Waals surface area contributed by atoms with Crippen LogP contribution in [0.15, 0.2) is 65.0 Å². The van der Waals surface area contributed by atoms with Crippen LogP contribution in [0, 0.1) is 5.92 Å². The molecule has 8 heteroatoms. The minimum atomic E-state index is -0.0994. The van der Waals surface area contributed by atoms with E-state index in [4.69, 9.17) is 5.73 Å². The Morgan fingerprint density at radius 2 is 2.10 bits per heavy atom. The maximum absolute atomic E-state index is 12.1. The number of likely N-dealkylation sites (tertiary alicyclic amines) is 1. The van der Waals surface area contributed by atoms with Gasteiger partial charge < -0.3 is 20.3 Å². The summed E-state index contributed by atoms with van der Waals surface area (Å²) in [4.78, 5) is 14.6. The van der Waals surface area contributed by atoms with E-state index in [0.717, 1.165) is 78.9 Å². The van der Waals surface area contributed by atoms with Crippen molar-refractivity contribution < 1.29 is 9.90 Å². The van der Waals surface area contributed by atoms with Gasteiger partial charge in [0.15, 0.2) is 16.8 Å². The van der Waals surface area contributed by atoms with Crippen LogP contribution < -0.4 is 5.73 Å². The predicted octanol–water partition coefficient (Wildman–Crippen LogP) is 6.03. The molecular weight excluding hydrogens is 518 g/mol. The zero-order valence-corrected chi connectivity index (χ0v) is 25.3. The van der Waals surface area contributed by atoms with Crippen molar-refractivity contribution >= 4 is 23.1 Å². The van der Waals surface area contributed by atoms with Crippen LogP contribution in [-0.2, 0) is 12.5 Å². The molecule has 2 heterocycles. The maximum atomic E-state index is 12.1. The van der Waals surface area contributed by atoms with Gasteiger partial charge in [-0.15, -0.1) is 10.2 Å². The molecule has 214 valence electrons. The fourth-order valence-corrected chi connectivity index (χ4v) is 6.68. The van der Waals surface area contributed by atoms with Crippen LogP contribution >= 0.6 is 11.8 Å². The first kappa shape index (κ1) is 29.9. The second-order valence-electron chi connectivity index (χ2n) is 11.4. The normalized spacial score (nSPS) is 23.0. The number of carbonyl (C=O) groups is 1. The van der Waals surface area contributed by atoms with Crippen molar-refractivity contribution in [3.8, 4) is 5.75 Å². The van der Waals surface area contributed by atoms with Gasteiger partial charge in [-0.1, -0.05) is 62.4 Å². The molecule has 0 amide bonds.